The molecule has 0 radical (unpaired) electrons. The Hall–Kier alpha value is -4.61. The number of aryl methyl sites for hydroxylation is 2. The Balaban J connectivity index is 1.26. The first kappa shape index (κ1) is 28.5. The number of carbonyl (C=O) groups is 3. The topological polar surface area (TPSA) is 135 Å². The Bertz CT molecular complexity index is 1540. The highest BCUT2D eigenvalue weighted by atomic mass is 19.1. The van der Waals surface area contributed by atoms with Gasteiger partial charge in [-0.1, -0.05) is 6.07 Å². The second-order valence-corrected chi connectivity index (χ2v) is 11.1. The third-order valence-corrected chi connectivity index (χ3v) is 8.13. The molecule has 43 heavy (non-hydrogen) atoms. The van der Waals surface area contributed by atoms with Crippen LogP contribution in [0.3, 0.4) is 0 Å². The van der Waals surface area contributed by atoms with E-state index in [9.17, 15) is 18.8 Å². The molecule has 0 spiro atoms. The number of methoxy groups -OCH3 is 1. The molecule has 6 rings (SSSR count). The Morgan fingerprint density at radius 3 is 2.81 bits per heavy atom. The van der Waals surface area contributed by atoms with Crippen LogP contribution in [0.15, 0.2) is 36.4 Å². The molecule has 11 nitrogen and oxygen atoms in total. The summed E-state index contributed by atoms with van der Waals surface area (Å²) in [7, 11) is 1.51. The van der Waals surface area contributed by atoms with Crippen molar-refractivity contribution >= 4 is 17.7 Å². The fraction of sp³-hybridized carbons (Fsp3) is 0.419. The van der Waals surface area contributed by atoms with Crippen LogP contribution in [-0.2, 0) is 35.4 Å². The number of nitrogens with one attached hydrogen (secondary N) is 3. The molecule has 0 unspecified atom stereocenters. The number of halogens is 1. The number of carbonyl (C=O) groups excluding carboxylic acids is 3. The number of aromatic amines is 1. The molecular formula is C31H34FN5O6. The molecule has 1 fully saturated rings. The Morgan fingerprint density at radius 1 is 1.07 bits per heavy atom. The van der Waals surface area contributed by atoms with Gasteiger partial charge in [-0.15, -0.1) is 0 Å². The number of ether oxygens (including phenoxy) is 3. The van der Waals surface area contributed by atoms with Crippen LogP contribution in [-0.4, -0.2) is 71.8 Å². The minimum atomic E-state index is -0.612. The Kier molecular flexibility index (Phi) is 8.17. The lowest BCUT2D eigenvalue weighted by molar-refractivity contribution is -0.125. The van der Waals surface area contributed by atoms with Crippen LogP contribution in [0.25, 0.3) is 0 Å². The Labute approximate surface area is 248 Å². The summed E-state index contributed by atoms with van der Waals surface area (Å²) in [5.74, 6) is -0.202. The molecule has 226 valence electrons. The summed E-state index contributed by atoms with van der Waals surface area (Å²) in [4.78, 5) is 40.9. The van der Waals surface area contributed by atoms with Crippen molar-refractivity contribution in [2.75, 3.05) is 26.8 Å². The number of H-pyrrole nitrogens is 1. The van der Waals surface area contributed by atoms with Crippen molar-refractivity contribution in [1.82, 2.24) is 25.7 Å². The molecule has 3 heterocycles. The lowest BCUT2D eigenvalue weighted by atomic mass is 10.0. The standard InChI is InChI=1S/C31H34FN5O6/c1-41-26-7-5-18-6-8-28(38)33-15-19-11-20(32)14-21(12-19)43-25-9-10-37(16-24(25)34-29(39)17-42-27(26)13-18)31(40)30-22-3-2-4-23(22)35-36-30/h5,7,11-14,24-25H,2-4,6,8-10,15-17H2,1H3,(H,33,38)(H,34,39)(H,35,36)/t24-,25-/m1/s1. The second kappa shape index (κ2) is 12.3. The van der Waals surface area contributed by atoms with Crippen LogP contribution in [0.4, 0.5) is 4.39 Å². The monoisotopic (exact) mass is 591 g/mol. The van der Waals surface area contributed by atoms with Crippen LogP contribution in [0.5, 0.6) is 17.2 Å². The summed E-state index contributed by atoms with van der Waals surface area (Å²) in [6, 6.07) is 9.00. The van der Waals surface area contributed by atoms with Crippen LogP contribution in [0.2, 0.25) is 0 Å². The molecule has 1 saturated heterocycles. The summed E-state index contributed by atoms with van der Waals surface area (Å²) in [6.07, 6.45) is 3.13. The van der Waals surface area contributed by atoms with Crippen LogP contribution in [0.1, 0.15) is 52.1 Å². The summed E-state index contributed by atoms with van der Waals surface area (Å²) >= 11 is 0. The number of amides is 3. The highest BCUT2D eigenvalue weighted by Crippen LogP contribution is 2.29. The third kappa shape index (κ3) is 6.42. The van der Waals surface area contributed by atoms with E-state index in [1.807, 2.05) is 6.07 Å². The molecule has 0 saturated carbocycles. The zero-order valence-corrected chi connectivity index (χ0v) is 23.9. The molecule has 3 N–H and O–H groups in total. The number of hydrogen-bond donors (Lipinski definition) is 3. The second-order valence-electron chi connectivity index (χ2n) is 11.1. The number of aromatic nitrogens is 2. The van der Waals surface area contributed by atoms with E-state index < -0.39 is 23.9 Å². The molecule has 3 aliphatic rings. The van der Waals surface area contributed by atoms with E-state index in [0.717, 1.165) is 36.1 Å². The van der Waals surface area contributed by atoms with Gasteiger partial charge in [0.15, 0.2) is 23.8 Å². The number of hydrogen-bond acceptors (Lipinski definition) is 7. The highest BCUT2D eigenvalue weighted by Gasteiger charge is 2.36. The third-order valence-electron chi connectivity index (χ3n) is 8.13. The number of likely N-dealkylation sites (tertiary alicyclic amines) is 1. The van der Waals surface area contributed by atoms with Gasteiger partial charge in [0.1, 0.15) is 17.7 Å². The first-order chi connectivity index (χ1) is 20.9. The van der Waals surface area contributed by atoms with Gasteiger partial charge in [-0.3, -0.25) is 19.5 Å². The van der Waals surface area contributed by atoms with Gasteiger partial charge in [0.05, 0.1) is 13.2 Å². The maximum absolute atomic E-state index is 14.6. The van der Waals surface area contributed by atoms with E-state index in [2.05, 4.69) is 20.8 Å². The van der Waals surface area contributed by atoms with E-state index in [1.54, 1.807) is 23.1 Å². The lowest BCUT2D eigenvalue weighted by Gasteiger charge is -2.38. The van der Waals surface area contributed by atoms with Crippen molar-refractivity contribution in [2.24, 2.45) is 0 Å². The highest BCUT2D eigenvalue weighted by molar-refractivity contribution is 5.94. The molecule has 1 aromatic heterocycles. The first-order valence-corrected chi connectivity index (χ1v) is 14.5. The van der Waals surface area contributed by atoms with Crippen molar-refractivity contribution in [3.05, 3.63) is 70.3 Å². The molecule has 2 aliphatic heterocycles. The molecule has 4 bridgehead atoms. The van der Waals surface area contributed by atoms with Gasteiger partial charge >= 0.3 is 0 Å². The van der Waals surface area contributed by atoms with Gasteiger partial charge in [-0.2, -0.15) is 5.10 Å². The van der Waals surface area contributed by atoms with Crippen molar-refractivity contribution in [3.8, 4) is 17.2 Å². The van der Waals surface area contributed by atoms with E-state index in [0.29, 0.717) is 42.1 Å². The lowest BCUT2D eigenvalue weighted by Crippen LogP contribution is -2.58. The smallest absolute Gasteiger partial charge is 0.274 e. The summed E-state index contributed by atoms with van der Waals surface area (Å²) in [6.45, 7) is 0.365. The largest absolute Gasteiger partial charge is 0.493 e. The minimum absolute atomic E-state index is 0.130. The van der Waals surface area contributed by atoms with Gasteiger partial charge < -0.3 is 29.7 Å². The average molecular weight is 592 g/mol. The summed E-state index contributed by atoms with van der Waals surface area (Å²) < 4.78 is 32.1. The van der Waals surface area contributed by atoms with Crippen molar-refractivity contribution in [2.45, 2.75) is 57.2 Å². The van der Waals surface area contributed by atoms with E-state index in [-0.39, 0.29) is 43.7 Å². The molecule has 2 atom stereocenters. The number of benzene rings is 2. The van der Waals surface area contributed by atoms with Crippen molar-refractivity contribution < 1.29 is 33.0 Å². The van der Waals surface area contributed by atoms with Crippen LogP contribution < -0.4 is 24.8 Å². The van der Waals surface area contributed by atoms with Gasteiger partial charge in [-0.25, -0.2) is 4.39 Å². The molecule has 1 aliphatic carbocycles. The molecule has 3 aromatic rings. The SMILES string of the molecule is COc1ccc2cc1OCC(=O)N[C@@H]1CN(C(=O)c3n[nH]c4c3CCC4)CC[C@H]1Oc1cc(F)cc(c1)CNC(=O)CC2. The number of rotatable bonds is 2. The molecule has 12 heteroatoms. The van der Waals surface area contributed by atoms with Gasteiger partial charge in [0, 0.05) is 49.8 Å². The van der Waals surface area contributed by atoms with Crippen LogP contribution >= 0.6 is 0 Å². The molecular weight excluding hydrogens is 557 g/mol. The minimum Gasteiger partial charge on any atom is -0.493 e. The quantitative estimate of drug-likeness (QED) is 0.417. The number of piperidine rings is 1. The average Bonchev–Trinajstić information content (AvgIpc) is 3.62. The van der Waals surface area contributed by atoms with E-state index >= 15 is 0 Å². The summed E-state index contributed by atoms with van der Waals surface area (Å²) in [5, 5.41) is 13.1. The van der Waals surface area contributed by atoms with Gasteiger partial charge in [0.25, 0.3) is 11.8 Å². The summed E-state index contributed by atoms with van der Waals surface area (Å²) in [5.41, 5.74) is 3.76. The van der Waals surface area contributed by atoms with Gasteiger partial charge in [-0.05, 0) is 61.1 Å². The van der Waals surface area contributed by atoms with Crippen molar-refractivity contribution in [3.63, 3.8) is 0 Å². The normalized spacial score (nSPS) is 20.7. The zero-order chi connectivity index (χ0) is 29.9. The molecule has 3 amide bonds. The van der Waals surface area contributed by atoms with E-state index in [1.165, 1.54) is 19.2 Å². The first-order valence-electron chi connectivity index (χ1n) is 14.5. The van der Waals surface area contributed by atoms with Gasteiger partial charge in [0.2, 0.25) is 5.91 Å². The predicted molar refractivity (Wildman–Crippen MR) is 153 cm³/mol. The number of nitrogens with zero attached hydrogens (tertiary/aromatic N) is 2. The fourth-order valence-electron chi connectivity index (χ4n) is 5.93. The molecule has 2 aromatic carbocycles. The number of fused-ring (bicyclic) bond motifs is 6. The van der Waals surface area contributed by atoms with Crippen molar-refractivity contribution in [1.29, 1.82) is 0 Å². The van der Waals surface area contributed by atoms with E-state index in [4.69, 9.17) is 14.2 Å². The maximum Gasteiger partial charge on any atom is 0.274 e. The van der Waals surface area contributed by atoms with Crippen LogP contribution in [0, 0.1) is 5.82 Å². The zero-order valence-electron chi connectivity index (χ0n) is 23.9. The Morgan fingerprint density at radius 2 is 1.95 bits per heavy atom. The fourth-order valence-corrected chi connectivity index (χ4v) is 5.93. The maximum atomic E-state index is 14.6. The predicted octanol–water partition coefficient (Wildman–Crippen LogP) is 2.47.